The lowest BCUT2D eigenvalue weighted by atomic mass is 10.0. The Bertz CT molecular complexity index is 915. The number of hydrogen-bond donors (Lipinski definition) is 5. The van der Waals surface area contributed by atoms with Crippen LogP contribution in [0.3, 0.4) is 0 Å². The number of pyridine rings is 2. The van der Waals surface area contributed by atoms with Crippen LogP contribution in [0.2, 0.25) is 0 Å². The van der Waals surface area contributed by atoms with Crippen LogP contribution in [0.5, 0.6) is 0 Å². The normalized spacial score (nSPS) is 12.9. The number of aromatic nitrogens is 2. The minimum absolute atomic E-state index is 0.362. The Balaban J connectivity index is 2.34. The molecule has 0 radical (unpaired) electrons. The van der Waals surface area contributed by atoms with Crippen molar-refractivity contribution in [2.24, 2.45) is 11.5 Å². The number of ether oxygens (including phenoxy) is 1. The van der Waals surface area contributed by atoms with Crippen molar-refractivity contribution >= 4 is 28.1 Å². The summed E-state index contributed by atoms with van der Waals surface area (Å²) in [6.45, 7) is 2.09. The number of nitrogens with one attached hydrogen (secondary N) is 3. The van der Waals surface area contributed by atoms with Crippen LogP contribution in [0.1, 0.15) is 12.5 Å². The molecule has 2 rings (SSSR count). The molecule has 0 aromatic carbocycles. The fraction of sp³-hybridized carbons (Fsp3) is 0.211. The van der Waals surface area contributed by atoms with Gasteiger partial charge in [0.05, 0.1) is 17.6 Å². The monoisotopic (exact) mass is 367 g/mol. The van der Waals surface area contributed by atoms with Gasteiger partial charge in [-0.1, -0.05) is 0 Å². The number of nitrogens with zero attached hydrogens (tertiary/aromatic N) is 2. The molecule has 0 amide bonds. The second kappa shape index (κ2) is 9.35. The Kier molecular flexibility index (Phi) is 6.90. The molecule has 0 atom stereocenters. The van der Waals surface area contributed by atoms with E-state index in [0.29, 0.717) is 29.5 Å². The van der Waals surface area contributed by atoms with Gasteiger partial charge in [0, 0.05) is 43.4 Å². The van der Waals surface area contributed by atoms with Gasteiger partial charge in [-0.25, -0.2) is 4.98 Å². The number of anilines is 1. The zero-order valence-electron chi connectivity index (χ0n) is 15.7. The maximum absolute atomic E-state index is 7.93. The molecular formula is C19H25N7O. The van der Waals surface area contributed by atoms with E-state index in [2.05, 4.69) is 20.6 Å². The third-order valence-electron chi connectivity index (χ3n) is 3.68. The number of allylic oxidation sites excluding steroid dienone is 1. The third kappa shape index (κ3) is 5.29. The van der Waals surface area contributed by atoms with E-state index in [9.17, 15) is 0 Å². The molecule has 2 aromatic rings. The minimum atomic E-state index is 0.362. The summed E-state index contributed by atoms with van der Waals surface area (Å²) in [7, 11) is 3.38. The lowest BCUT2D eigenvalue weighted by Crippen LogP contribution is -2.11. The molecule has 0 aliphatic heterocycles. The third-order valence-corrected chi connectivity index (χ3v) is 3.68. The zero-order chi connectivity index (χ0) is 19.8. The molecule has 142 valence electrons. The zero-order valence-corrected chi connectivity index (χ0v) is 15.7. The van der Waals surface area contributed by atoms with E-state index in [1.54, 1.807) is 45.6 Å². The van der Waals surface area contributed by atoms with Crippen molar-refractivity contribution in [1.82, 2.24) is 15.3 Å². The Morgan fingerprint density at radius 1 is 1.33 bits per heavy atom. The van der Waals surface area contributed by atoms with Crippen LogP contribution >= 0.6 is 0 Å². The van der Waals surface area contributed by atoms with Crippen LogP contribution in [0.15, 0.2) is 54.3 Å². The Morgan fingerprint density at radius 2 is 2.11 bits per heavy atom. The number of hydrogen-bond acceptors (Lipinski definition) is 8. The molecule has 8 nitrogen and oxygen atoms in total. The average molecular weight is 367 g/mol. The van der Waals surface area contributed by atoms with E-state index < -0.39 is 0 Å². The van der Waals surface area contributed by atoms with Gasteiger partial charge in [0.15, 0.2) is 0 Å². The quantitative estimate of drug-likeness (QED) is 0.355. The fourth-order valence-corrected chi connectivity index (χ4v) is 2.46. The van der Waals surface area contributed by atoms with Gasteiger partial charge in [0.1, 0.15) is 11.6 Å². The highest BCUT2D eigenvalue weighted by molar-refractivity contribution is 6.21. The van der Waals surface area contributed by atoms with Gasteiger partial charge < -0.3 is 32.2 Å². The molecule has 0 spiro atoms. The number of methoxy groups -OCH3 is 1. The van der Waals surface area contributed by atoms with Crippen LogP contribution in [0.25, 0.3) is 16.6 Å². The predicted molar refractivity (Wildman–Crippen MR) is 110 cm³/mol. The molecule has 0 saturated heterocycles. The molecule has 2 heterocycles. The smallest absolute Gasteiger partial charge is 0.132 e. The second-order valence-electron chi connectivity index (χ2n) is 5.83. The van der Waals surface area contributed by atoms with Crippen molar-refractivity contribution in [3.63, 3.8) is 0 Å². The molecular weight excluding hydrogens is 342 g/mol. The van der Waals surface area contributed by atoms with Gasteiger partial charge in [-0.15, -0.1) is 0 Å². The first-order valence-electron chi connectivity index (χ1n) is 8.32. The fourth-order valence-electron chi connectivity index (χ4n) is 2.46. The van der Waals surface area contributed by atoms with E-state index in [1.807, 2.05) is 12.1 Å². The highest BCUT2D eigenvalue weighted by Gasteiger charge is 2.08. The van der Waals surface area contributed by atoms with Crippen LogP contribution < -0.4 is 22.1 Å². The summed E-state index contributed by atoms with van der Waals surface area (Å²) in [6, 6.07) is 5.55. The standard InChI is InChI=1S/C19H25N7O/c1-12(21)15(10-23-2)14-7-17-16(24-9-14)4-5-19(25-17)26-18(22)6-13(8-20)11-27-3/h4-10,21,23H,11,20,22H2,1-3H3,(H,25,26)/b13-8+,15-10+,18-6+,21-12?. The van der Waals surface area contributed by atoms with Crippen LogP contribution in [0, 0.1) is 5.41 Å². The van der Waals surface area contributed by atoms with E-state index >= 15 is 0 Å². The molecule has 0 saturated carbocycles. The first kappa shape index (κ1) is 19.9. The lowest BCUT2D eigenvalue weighted by molar-refractivity contribution is 0.228. The van der Waals surface area contributed by atoms with E-state index in [0.717, 1.165) is 22.2 Å². The Labute approximate surface area is 158 Å². The molecule has 0 aliphatic carbocycles. The van der Waals surface area contributed by atoms with E-state index in [4.69, 9.17) is 21.6 Å². The van der Waals surface area contributed by atoms with Gasteiger partial charge in [-0.2, -0.15) is 0 Å². The summed E-state index contributed by atoms with van der Waals surface area (Å²) in [4.78, 5) is 8.99. The van der Waals surface area contributed by atoms with Crippen LogP contribution in [-0.2, 0) is 4.74 Å². The topological polar surface area (TPSA) is 135 Å². The van der Waals surface area contributed by atoms with Crippen LogP contribution in [-0.4, -0.2) is 36.4 Å². The molecule has 0 fully saturated rings. The predicted octanol–water partition coefficient (Wildman–Crippen LogP) is 1.93. The average Bonchev–Trinajstić information content (AvgIpc) is 2.64. The summed E-state index contributed by atoms with van der Waals surface area (Å²) in [5.41, 5.74) is 15.7. The van der Waals surface area contributed by atoms with Gasteiger partial charge in [-0.05, 0) is 43.0 Å². The molecule has 0 unspecified atom stereocenters. The molecule has 27 heavy (non-hydrogen) atoms. The molecule has 0 aliphatic rings. The van der Waals surface area contributed by atoms with E-state index in [-0.39, 0.29) is 0 Å². The molecule has 0 bridgehead atoms. The maximum Gasteiger partial charge on any atom is 0.132 e. The number of fused-ring (bicyclic) bond motifs is 1. The Hall–Kier alpha value is -3.39. The lowest BCUT2D eigenvalue weighted by Gasteiger charge is -2.10. The van der Waals surface area contributed by atoms with Crippen molar-refractivity contribution in [1.29, 1.82) is 5.41 Å². The van der Waals surface area contributed by atoms with Crippen molar-refractivity contribution < 1.29 is 4.74 Å². The Morgan fingerprint density at radius 3 is 2.74 bits per heavy atom. The highest BCUT2D eigenvalue weighted by Crippen LogP contribution is 2.20. The summed E-state index contributed by atoms with van der Waals surface area (Å²) >= 11 is 0. The van der Waals surface area contributed by atoms with E-state index in [1.165, 1.54) is 6.20 Å². The summed E-state index contributed by atoms with van der Waals surface area (Å²) in [5.74, 6) is 0.973. The van der Waals surface area contributed by atoms with Gasteiger partial charge in [-0.3, -0.25) is 4.98 Å². The summed E-state index contributed by atoms with van der Waals surface area (Å²) in [6.07, 6.45) is 6.63. The molecule has 7 N–H and O–H groups in total. The van der Waals surface area contributed by atoms with Gasteiger partial charge in [0.25, 0.3) is 0 Å². The second-order valence-corrected chi connectivity index (χ2v) is 5.83. The van der Waals surface area contributed by atoms with Crippen LogP contribution in [0.4, 0.5) is 5.82 Å². The van der Waals surface area contributed by atoms with Gasteiger partial charge >= 0.3 is 0 Å². The highest BCUT2D eigenvalue weighted by atomic mass is 16.5. The SMILES string of the molecule is CN/C=C(\C(C)=N)c1cnc2ccc(N/C(N)=C/C(=C\N)COC)nc2c1. The number of rotatable bonds is 8. The first-order valence-corrected chi connectivity index (χ1v) is 8.32. The van der Waals surface area contributed by atoms with Crippen molar-refractivity contribution in [2.45, 2.75) is 6.92 Å². The first-order chi connectivity index (χ1) is 13.0. The number of nitrogens with two attached hydrogens (primary N) is 2. The summed E-state index contributed by atoms with van der Waals surface area (Å²) in [5, 5.41) is 13.9. The molecule has 8 heteroatoms. The molecule has 2 aromatic heterocycles. The summed E-state index contributed by atoms with van der Waals surface area (Å²) < 4.78 is 5.05. The maximum atomic E-state index is 7.93. The van der Waals surface area contributed by atoms with Crippen molar-refractivity contribution in [3.05, 3.63) is 59.8 Å². The van der Waals surface area contributed by atoms with Crippen molar-refractivity contribution in [2.75, 3.05) is 26.1 Å². The largest absolute Gasteiger partial charge is 0.404 e. The van der Waals surface area contributed by atoms with Gasteiger partial charge in [0.2, 0.25) is 0 Å². The van der Waals surface area contributed by atoms with Crippen molar-refractivity contribution in [3.8, 4) is 0 Å². The minimum Gasteiger partial charge on any atom is -0.404 e.